The van der Waals surface area contributed by atoms with E-state index in [1.807, 2.05) is 48.5 Å². The Labute approximate surface area is 185 Å². The largest absolute Gasteiger partial charge is 0.322 e. The van der Waals surface area contributed by atoms with E-state index in [1.165, 1.54) is 15.6 Å². The quantitative estimate of drug-likeness (QED) is 0.461. The smallest absolute Gasteiger partial charge is 0.273 e. The molecule has 0 fully saturated rings. The fraction of sp³-hybridized carbons (Fsp3) is 0.125. The van der Waals surface area contributed by atoms with Gasteiger partial charge in [-0.1, -0.05) is 42.5 Å². The first-order valence-electron chi connectivity index (χ1n) is 10.0. The minimum atomic E-state index is -3.61. The number of carbonyl (C=O) groups is 1. The minimum absolute atomic E-state index is 0.228. The van der Waals surface area contributed by atoms with Crippen LogP contribution in [0.15, 0.2) is 82.4 Å². The molecule has 0 bridgehead atoms. The van der Waals surface area contributed by atoms with Crippen molar-refractivity contribution < 1.29 is 13.2 Å². The fourth-order valence-electron chi connectivity index (χ4n) is 3.92. The fourth-order valence-corrected chi connectivity index (χ4v) is 6.56. The van der Waals surface area contributed by atoms with Crippen molar-refractivity contribution >= 4 is 49.4 Å². The molecule has 0 radical (unpaired) electrons. The molecule has 156 valence electrons. The predicted molar refractivity (Wildman–Crippen MR) is 126 cm³/mol. The molecule has 1 amide bonds. The highest BCUT2D eigenvalue weighted by molar-refractivity contribution is 7.94. The Morgan fingerprint density at radius 3 is 2.58 bits per heavy atom. The average Bonchev–Trinajstić information content (AvgIpc) is 3.34. The third-order valence-electron chi connectivity index (χ3n) is 5.47. The molecule has 4 aromatic rings. The Morgan fingerprint density at radius 2 is 1.77 bits per heavy atom. The van der Waals surface area contributed by atoms with Crippen LogP contribution >= 0.6 is 11.3 Å². The number of amides is 1. The first-order valence-corrected chi connectivity index (χ1v) is 12.3. The van der Waals surface area contributed by atoms with Crippen LogP contribution in [-0.2, 0) is 16.4 Å². The molecule has 0 saturated heterocycles. The van der Waals surface area contributed by atoms with Crippen molar-refractivity contribution in [1.29, 1.82) is 0 Å². The van der Waals surface area contributed by atoms with Crippen molar-refractivity contribution in [3.05, 3.63) is 89.3 Å². The third-order valence-corrected chi connectivity index (χ3v) is 8.66. The Hall–Kier alpha value is -3.16. The van der Waals surface area contributed by atoms with Crippen LogP contribution in [0.25, 0.3) is 10.8 Å². The predicted octanol–water partition coefficient (Wildman–Crippen LogP) is 5.30. The van der Waals surface area contributed by atoms with Crippen LogP contribution in [0.1, 0.15) is 22.3 Å². The van der Waals surface area contributed by atoms with Gasteiger partial charge in [-0.25, -0.2) is 8.42 Å². The number of fused-ring (bicyclic) bond motifs is 2. The van der Waals surface area contributed by atoms with Gasteiger partial charge in [0.15, 0.2) is 0 Å². The number of thiophene rings is 1. The number of nitrogens with zero attached hydrogens (tertiary/aromatic N) is 1. The van der Waals surface area contributed by atoms with E-state index in [4.69, 9.17) is 0 Å². The summed E-state index contributed by atoms with van der Waals surface area (Å²) in [6.07, 6.45) is 1.57. The van der Waals surface area contributed by atoms with E-state index in [2.05, 4.69) is 5.32 Å². The van der Waals surface area contributed by atoms with Crippen molar-refractivity contribution in [3.63, 3.8) is 0 Å². The van der Waals surface area contributed by atoms with Gasteiger partial charge in [0.05, 0.1) is 5.69 Å². The number of hydrogen-bond donors (Lipinski definition) is 1. The zero-order chi connectivity index (χ0) is 21.4. The van der Waals surface area contributed by atoms with Crippen molar-refractivity contribution in [1.82, 2.24) is 0 Å². The summed E-state index contributed by atoms with van der Waals surface area (Å²) in [6, 6.07) is 22.3. The highest BCUT2D eigenvalue weighted by Gasteiger charge is 2.30. The number of rotatable bonds is 4. The van der Waals surface area contributed by atoms with Crippen molar-refractivity contribution in [2.45, 2.75) is 17.1 Å². The van der Waals surface area contributed by atoms with E-state index in [0.717, 1.165) is 29.2 Å². The highest BCUT2D eigenvalue weighted by atomic mass is 32.2. The summed E-state index contributed by atoms with van der Waals surface area (Å²) in [7, 11) is -3.61. The molecule has 0 aliphatic carbocycles. The van der Waals surface area contributed by atoms with E-state index < -0.39 is 10.0 Å². The molecule has 0 unspecified atom stereocenters. The van der Waals surface area contributed by atoms with E-state index in [-0.39, 0.29) is 5.91 Å². The Bertz CT molecular complexity index is 1380. The number of carbonyl (C=O) groups excluding carboxylic acids is 1. The molecule has 0 spiro atoms. The van der Waals surface area contributed by atoms with Crippen LogP contribution in [0, 0.1) is 0 Å². The number of nitrogens with one attached hydrogen (secondary N) is 1. The molecule has 0 atom stereocenters. The molecule has 5 nitrogen and oxygen atoms in total. The van der Waals surface area contributed by atoms with Crippen molar-refractivity contribution in [3.8, 4) is 0 Å². The second kappa shape index (κ2) is 7.83. The number of anilines is 2. The Balaban J connectivity index is 1.45. The maximum absolute atomic E-state index is 13.1. The summed E-state index contributed by atoms with van der Waals surface area (Å²) in [6.45, 7) is 0.426. The van der Waals surface area contributed by atoms with Gasteiger partial charge in [0.25, 0.3) is 15.9 Å². The van der Waals surface area contributed by atoms with Gasteiger partial charge in [-0.3, -0.25) is 9.10 Å². The number of aryl methyl sites for hydroxylation is 1. The first kappa shape index (κ1) is 19.8. The lowest BCUT2D eigenvalue weighted by Crippen LogP contribution is -2.35. The van der Waals surface area contributed by atoms with Crippen LogP contribution in [0.5, 0.6) is 0 Å². The van der Waals surface area contributed by atoms with Crippen LogP contribution in [0.2, 0.25) is 0 Å². The summed E-state index contributed by atoms with van der Waals surface area (Å²) in [4.78, 5) is 12.8. The lowest BCUT2D eigenvalue weighted by atomic mass is 10.0. The highest BCUT2D eigenvalue weighted by Crippen LogP contribution is 2.35. The average molecular weight is 449 g/mol. The second-order valence-corrected chi connectivity index (χ2v) is 10.5. The Morgan fingerprint density at radius 1 is 0.935 bits per heavy atom. The lowest BCUT2D eigenvalue weighted by Gasteiger charge is -2.30. The lowest BCUT2D eigenvalue weighted by molar-refractivity contribution is 0.102. The molecule has 1 aliphatic rings. The molecule has 2 heterocycles. The second-order valence-electron chi connectivity index (χ2n) is 7.47. The van der Waals surface area contributed by atoms with Gasteiger partial charge < -0.3 is 5.32 Å². The van der Waals surface area contributed by atoms with Crippen LogP contribution < -0.4 is 9.62 Å². The van der Waals surface area contributed by atoms with Gasteiger partial charge in [-0.05, 0) is 64.9 Å². The zero-order valence-corrected chi connectivity index (χ0v) is 18.2. The summed E-state index contributed by atoms with van der Waals surface area (Å²) < 4.78 is 28.1. The van der Waals surface area contributed by atoms with Gasteiger partial charge >= 0.3 is 0 Å². The molecule has 1 N–H and O–H groups in total. The molecule has 5 rings (SSSR count). The molecule has 7 heteroatoms. The Kier molecular flexibility index (Phi) is 5.00. The standard InChI is InChI=1S/C24H20N2O3S2/c27-24(20-10-9-17-5-1-2-6-19(17)15-20)25-21-12-11-18-7-3-13-26(22(18)16-21)31(28,29)23-8-4-14-30-23/h1-2,4-6,8-12,14-16H,3,7,13H2,(H,25,27). The molecule has 0 saturated carbocycles. The number of hydrogen-bond acceptors (Lipinski definition) is 4. The maximum atomic E-state index is 13.1. The summed E-state index contributed by atoms with van der Waals surface area (Å²) in [5.41, 5.74) is 2.73. The van der Waals surface area contributed by atoms with Gasteiger partial charge in [0.1, 0.15) is 4.21 Å². The van der Waals surface area contributed by atoms with Crippen LogP contribution in [-0.4, -0.2) is 20.9 Å². The van der Waals surface area contributed by atoms with Gasteiger partial charge in [-0.2, -0.15) is 0 Å². The zero-order valence-electron chi connectivity index (χ0n) is 16.6. The van der Waals surface area contributed by atoms with E-state index in [0.29, 0.717) is 27.7 Å². The van der Waals surface area contributed by atoms with Gasteiger partial charge in [0.2, 0.25) is 0 Å². The normalized spacial score (nSPS) is 13.7. The SMILES string of the molecule is O=C(Nc1ccc2c(c1)N(S(=O)(=O)c1cccs1)CCC2)c1ccc2ccccc2c1. The van der Waals surface area contributed by atoms with Crippen LogP contribution in [0.3, 0.4) is 0 Å². The summed E-state index contributed by atoms with van der Waals surface area (Å²) in [5.74, 6) is -0.228. The molecular weight excluding hydrogens is 428 g/mol. The molecule has 1 aromatic heterocycles. The minimum Gasteiger partial charge on any atom is -0.322 e. The van der Waals surface area contributed by atoms with E-state index in [9.17, 15) is 13.2 Å². The number of sulfonamides is 1. The van der Waals surface area contributed by atoms with Crippen LogP contribution in [0.4, 0.5) is 11.4 Å². The molecular formula is C24H20N2O3S2. The summed E-state index contributed by atoms with van der Waals surface area (Å²) in [5, 5.41) is 6.75. The maximum Gasteiger partial charge on any atom is 0.273 e. The summed E-state index contributed by atoms with van der Waals surface area (Å²) >= 11 is 1.21. The number of benzene rings is 3. The van der Waals surface area contributed by atoms with Gasteiger partial charge in [-0.15, -0.1) is 11.3 Å². The molecule has 31 heavy (non-hydrogen) atoms. The molecule has 1 aliphatic heterocycles. The van der Waals surface area contributed by atoms with E-state index >= 15 is 0 Å². The van der Waals surface area contributed by atoms with Crippen molar-refractivity contribution in [2.75, 3.05) is 16.2 Å². The monoisotopic (exact) mass is 448 g/mol. The van der Waals surface area contributed by atoms with Crippen molar-refractivity contribution in [2.24, 2.45) is 0 Å². The third kappa shape index (κ3) is 3.71. The topological polar surface area (TPSA) is 66.5 Å². The van der Waals surface area contributed by atoms with Gasteiger partial charge in [0, 0.05) is 17.8 Å². The first-order chi connectivity index (χ1) is 15.0. The molecule has 3 aromatic carbocycles. The van der Waals surface area contributed by atoms with E-state index in [1.54, 1.807) is 29.6 Å².